The number of benzene rings is 2. The number of esters is 1. The Bertz CT molecular complexity index is 1410. The zero-order valence-electron chi connectivity index (χ0n) is 20.1. The molecule has 1 N–H and O–H groups in total. The van der Waals surface area contributed by atoms with Crippen molar-refractivity contribution in [1.82, 2.24) is 9.88 Å². The Morgan fingerprint density at radius 1 is 0.943 bits per heavy atom. The van der Waals surface area contributed by atoms with Gasteiger partial charge in [0.2, 0.25) is 0 Å². The van der Waals surface area contributed by atoms with Crippen LogP contribution >= 0.6 is 0 Å². The van der Waals surface area contributed by atoms with Gasteiger partial charge in [-0.25, -0.2) is 14.5 Å². The quantitative estimate of drug-likeness (QED) is 0.350. The molecule has 8 heteroatoms. The van der Waals surface area contributed by atoms with Crippen LogP contribution in [0.4, 0.5) is 10.5 Å². The summed E-state index contributed by atoms with van der Waals surface area (Å²) in [4.78, 5) is 51.3. The van der Waals surface area contributed by atoms with E-state index in [0.717, 1.165) is 33.1 Å². The minimum atomic E-state index is -0.778. The summed E-state index contributed by atoms with van der Waals surface area (Å²) in [6.45, 7) is 7.49. The number of urea groups is 1. The largest absolute Gasteiger partial charge is 0.465 e. The highest BCUT2D eigenvalue weighted by atomic mass is 16.5. The van der Waals surface area contributed by atoms with E-state index in [-0.39, 0.29) is 5.57 Å². The van der Waals surface area contributed by atoms with Gasteiger partial charge in [0.15, 0.2) is 0 Å². The van der Waals surface area contributed by atoms with Gasteiger partial charge >= 0.3 is 12.0 Å². The lowest BCUT2D eigenvalue weighted by atomic mass is 10.0. The molecule has 2 heterocycles. The normalized spacial score (nSPS) is 14.9. The van der Waals surface area contributed by atoms with Crippen LogP contribution in [0.15, 0.2) is 54.1 Å². The third kappa shape index (κ3) is 4.26. The third-order valence-corrected chi connectivity index (χ3v) is 6.01. The molecule has 3 aromatic rings. The molecule has 1 aliphatic heterocycles. The minimum Gasteiger partial charge on any atom is -0.465 e. The van der Waals surface area contributed by atoms with Crippen molar-refractivity contribution in [3.63, 3.8) is 0 Å². The van der Waals surface area contributed by atoms with E-state index >= 15 is 0 Å². The van der Waals surface area contributed by atoms with Gasteiger partial charge in [0.1, 0.15) is 5.57 Å². The molecular formula is C27H25N3O5. The van der Waals surface area contributed by atoms with Crippen LogP contribution < -0.4 is 10.2 Å². The third-order valence-electron chi connectivity index (χ3n) is 6.01. The van der Waals surface area contributed by atoms with Crippen LogP contribution in [-0.4, -0.2) is 35.5 Å². The van der Waals surface area contributed by atoms with E-state index in [4.69, 9.17) is 4.74 Å². The molecule has 1 fully saturated rings. The number of nitrogens with zero attached hydrogens (tertiary/aromatic N) is 2. The number of anilines is 1. The number of carbonyl (C=O) groups excluding carboxylic acids is 4. The van der Waals surface area contributed by atoms with Gasteiger partial charge in [0.25, 0.3) is 11.8 Å². The number of imide groups is 2. The van der Waals surface area contributed by atoms with Crippen molar-refractivity contribution in [1.29, 1.82) is 0 Å². The van der Waals surface area contributed by atoms with Gasteiger partial charge in [-0.05, 0) is 81.3 Å². The highest BCUT2D eigenvalue weighted by Crippen LogP contribution is 2.28. The lowest BCUT2D eigenvalue weighted by molar-refractivity contribution is -0.122. The van der Waals surface area contributed by atoms with Gasteiger partial charge in [-0.2, -0.15) is 0 Å². The fourth-order valence-electron chi connectivity index (χ4n) is 4.28. The Labute approximate surface area is 202 Å². The molecule has 1 aromatic heterocycles. The molecule has 1 saturated heterocycles. The summed E-state index contributed by atoms with van der Waals surface area (Å²) in [5, 5.41) is 2.27. The maximum Gasteiger partial charge on any atom is 0.337 e. The Morgan fingerprint density at radius 2 is 1.63 bits per heavy atom. The number of aromatic nitrogens is 1. The second-order valence-electron chi connectivity index (χ2n) is 8.45. The van der Waals surface area contributed by atoms with Crippen molar-refractivity contribution >= 4 is 35.6 Å². The molecule has 0 aliphatic carbocycles. The predicted octanol–water partition coefficient (Wildman–Crippen LogP) is 4.16. The molecule has 2 aromatic carbocycles. The molecule has 0 spiro atoms. The predicted molar refractivity (Wildman–Crippen MR) is 132 cm³/mol. The molecule has 0 bridgehead atoms. The maximum atomic E-state index is 13.3. The van der Waals surface area contributed by atoms with Crippen molar-refractivity contribution in [2.45, 2.75) is 27.7 Å². The summed E-state index contributed by atoms with van der Waals surface area (Å²) in [5.74, 6) is -1.85. The topological polar surface area (TPSA) is 97.7 Å². The molecule has 1 aliphatic rings. The fourth-order valence-corrected chi connectivity index (χ4v) is 4.28. The van der Waals surface area contributed by atoms with Gasteiger partial charge in [-0.3, -0.25) is 14.9 Å². The van der Waals surface area contributed by atoms with Crippen LogP contribution in [0.1, 0.15) is 38.4 Å². The fraction of sp³-hybridized carbons (Fsp3) is 0.185. The first-order valence-corrected chi connectivity index (χ1v) is 11.0. The van der Waals surface area contributed by atoms with Gasteiger partial charge < -0.3 is 9.30 Å². The summed E-state index contributed by atoms with van der Waals surface area (Å²) >= 11 is 0. The maximum absolute atomic E-state index is 13.3. The first-order chi connectivity index (χ1) is 16.6. The number of nitrogens with one attached hydrogen (secondary N) is 1. The number of ether oxygens (including phenoxy) is 1. The Morgan fingerprint density at radius 3 is 2.26 bits per heavy atom. The number of aryl methyl sites for hydroxylation is 3. The Kier molecular flexibility index (Phi) is 6.13. The van der Waals surface area contributed by atoms with Crippen molar-refractivity contribution in [2.75, 3.05) is 12.0 Å². The molecule has 0 unspecified atom stereocenters. The molecular weight excluding hydrogens is 446 g/mol. The van der Waals surface area contributed by atoms with Crippen molar-refractivity contribution in [3.05, 3.63) is 87.7 Å². The van der Waals surface area contributed by atoms with Crippen LogP contribution in [0, 0.1) is 27.7 Å². The number of barbiturate groups is 1. The van der Waals surface area contributed by atoms with Crippen LogP contribution in [0.5, 0.6) is 0 Å². The van der Waals surface area contributed by atoms with Crippen molar-refractivity contribution < 1.29 is 23.9 Å². The van der Waals surface area contributed by atoms with Crippen molar-refractivity contribution in [2.24, 2.45) is 0 Å². The lowest BCUT2D eigenvalue weighted by Gasteiger charge is -2.27. The SMILES string of the molecule is COC(=O)c1ccc(-n2c(C)cc(/C=C3/C(=O)NC(=O)N(c4ccc(C)cc4C)C3=O)c2C)cc1. The summed E-state index contributed by atoms with van der Waals surface area (Å²) in [5.41, 5.74) is 5.59. The molecule has 4 rings (SSSR count). The molecule has 0 atom stereocenters. The standard InChI is InChI=1S/C27H25N3O5/c1-15-6-11-23(16(2)12-15)30-25(32)22(24(31)28-27(30)34)14-20-13-17(3)29(18(20)4)21-9-7-19(8-10-21)26(33)35-5/h6-14H,1-5H3,(H,28,31,34)/b22-14-. The monoisotopic (exact) mass is 471 g/mol. The number of methoxy groups -OCH3 is 1. The van der Waals surface area contributed by atoms with E-state index in [1.165, 1.54) is 13.2 Å². The van der Waals surface area contributed by atoms with Gasteiger partial charge in [0, 0.05) is 17.1 Å². The van der Waals surface area contributed by atoms with Crippen LogP contribution in [-0.2, 0) is 14.3 Å². The molecule has 0 radical (unpaired) electrons. The number of rotatable bonds is 4. The van der Waals surface area contributed by atoms with E-state index in [2.05, 4.69) is 5.32 Å². The second kappa shape index (κ2) is 9.06. The highest BCUT2D eigenvalue weighted by molar-refractivity contribution is 6.39. The van der Waals surface area contributed by atoms with E-state index in [1.54, 1.807) is 30.3 Å². The van der Waals surface area contributed by atoms with Crippen LogP contribution in [0.3, 0.4) is 0 Å². The zero-order chi connectivity index (χ0) is 25.4. The number of carbonyl (C=O) groups is 4. The van der Waals surface area contributed by atoms with E-state index in [0.29, 0.717) is 16.8 Å². The number of hydrogen-bond donors (Lipinski definition) is 1. The van der Waals surface area contributed by atoms with Crippen molar-refractivity contribution in [3.8, 4) is 5.69 Å². The van der Waals surface area contributed by atoms with E-state index in [9.17, 15) is 19.2 Å². The van der Waals surface area contributed by atoms with Gasteiger partial charge in [-0.1, -0.05) is 17.7 Å². The van der Waals surface area contributed by atoms with Crippen LogP contribution in [0.2, 0.25) is 0 Å². The molecule has 8 nitrogen and oxygen atoms in total. The Hall–Kier alpha value is -4.46. The number of hydrogen-bond acceptors (Lipinski definition) is 5. The molecule has 4 amide bonds. The Balaban J connectivity index is 1.73. The highest BCUT2D eigenvalue weighted by Gasteiger charge is 2.37. The number of amides is 4. The average molecular weight is 472 g/mol. The second-order valence-corrected chi connectivity index (χ2v) is 8.45. The summed E-state index contributed by atoms with van der Waals surface area (Å²) in [6, 6.07) is 13.4. The zero-order valence-corrected chi connectivity index (χ0v) is 20.1. The van der Waals surface area contributed by atoms with Gasteiger partial charge in [-0.15, -0.1) is 0 Å². The lowest BCUT2D eigenvalue weighted by Crippen LogP contribution is -2.54. The first-order valence-electron chi connectivity index (χ1n) is 11.0. The molecule has 0 saturated carbocycles. The first kappa shape index (κ1) is 23.7. The van der Waals surface area contributed by atoms with E-state index < -0.39 is 23.8 Å². The average Bonchev–Trinajstić information content (AvgIpc) is 3.10. The summed E-state index contributed by atoms with van der Waals surface area (Å²) in [7, 11) is 1.33. The van der Waals surface area contributed by atoms with E-state index in [1.807, 2.05) is 50.5 Å². The molecule has 178 valence electrons. The van der Waals surface area contributed by atoms with Gasteiger partial charge in [0.05, 0.1) is 18.4 Å². The minimum absolute atomic E-state index is 0.133. The summed E-state index contributed by atoms with van der Waals surface area (Å²) < 4.78 is 6.70. The summed E-state index contributed by atoms with van der Waals surface area (Å²) in [6.07, 6.45) is 1.50. The van der Waals surface area contributed by atoms with Crippen LogP contribution in [0.25, 0.3) is 11.8 Å². The smallest absolute Gasteiger partial charge is 0.337 e. The molecule has 35 heavy (non-hydrogen) atoms.